The Labute approximate surface area is 144 Å². The van der Waals surface area contributed by atoms with E-state index in [2.05, 4.69) is 22.9 Å². The Bertz CT molecular complexity index is 556. The van der Waals surface area contributed by atoms with Crippen LogP contribution in [0.5, 0.6) is 11.5 Å². The molecule has 1 unspecified atom stereocenters. The molecule has 5 heteroatoms. The van der Waals surface area contributed by atoms with Gasteiger partial charge in [0.25, 0.3) is 0 Å². The Hall–Kier alpha value is -1.23. The third kappa shape index (κ3) is 3.82. The van der Waals surface area contributed by atoms with Crippen LogP contribution in [0.15, 0.2) is 24.8 Å². The summed E-state index contributed by atoms with van der Waals surface area (Å²) >= 11 is 0. The number of aromatic hydroxyl groups is 1. The average Bonchev–Trinajstić information content (AvgIpc) is 3.13. The van der Waals surface area contributed by atoms with Crippen molar-refractivity contribution in [3.05, 3.63) is 35.9 Å². The number of phenolic OH excluding ortho intramolecular Hbond substituents is 1. The largest absolute Gasteiger partial charge is 0.504 e. The number of methoxy groups -OCH3 is 1. The molecule has 0 aliphatic carbocycles. The van der Waals surface area contributed by atoms with Crippen molar-refractivity contribution < 1.29 is 9.84 Å². The maximum absolute atomic E-state index is 10.2. The molecule has 0 amide bonds. The first kappa shape index (κ1) is 18.1. The van der Waals surface area contributed by atoms with E-state index in [1.165, 1.54) is 24.9 Å². The minimum Gasteiger partial charge on any atom is -0.504 e. The summed E-state index contributed by atoms with van der Waals surface area (Å²) in [4.78, 5) is 2.52. The first-order valence-electron chi connectivity index (χ1n) is 8.08. The van der Waals surface area contributed by atoms with Gasteiger partial charge in [-0.15, -0.1) is 19.0 Å². The van der Waals surface area contributed by atoms with Crippen molar-refractivity contribution in [1.29, 1.82) is 0 Å². The highest BCUT2D eigenvalue weighted by Crippen LogP contribution is 2.38. The summed E-state index contributed by atoms with van der Waals surface area (Å²) in [6.07, 6.45) is 5.05. The zero-order valence-electron chi connectivity index (χ0n) is 13.8. The van der Waals surface area contributed by atoms with Crippen LogP contribution in [-0.4, -0.2) is 43.3 Å². The summed E-state index contributed by atoms with van der Waals surface area (Å²) < 4.78 is 5.32. The summed E-state index contributed by atoms with van der Waals surface area (Å²) in [6.45, 7) is 9.32. The first-order chi connectivity index (χ1) is 10.7. The summed E-state index contributed by atoms with van der Waals surface area (Å²) in [5.74, 6) is 0.801. The topological polar surface area (TPSA) is 44.7 Å². The number of hydrogen-bond donors (Lipinski definition) is 2. The fraction of sp³-hybridized carbons (Fsp3) is 0.556. The summed E-state index contributed by atoms with van der Waals surface area (Å²) in [5, 5.41) is 13.7. The molecule has 1 aromatic rings. The fourth-order valence-electron chi connectivity index (χ4n) is 3.85. The number of halogens is 1. The van der Waals surface area contributed by atoms with Crippen molar-refractivity contribution >= 4 is 12.4 Å². The molecule has 128 valence electrons. The number of benzene rings is 1. The molecule has 4 nitrogen and oxygen atoms in total. The highest BCUT2D eigenvalue weighted by Gasteiger charge is 2.40. The van der Waals surface area contributed by atoms with E-state index in [9.17, 15) is 5.11 Å². The lowest BCUT2D eigenvalue weighted by Gasteiger charge is -2.23. The number of allylic oxidation sites excluding steroid dienone is 1. The molecule has 0 saturated carbocycles. The van der Waals surface area contributed by atoms with E-state index in [-0.39, 0.29) is 18.2 Å². The van der Waals surface area contributed by atoms with E-state index >= 15 is 0 Å². The molecule has 0 bridgehead atoms. The predicted octanol–water partition coefficient (Wildman–Crippen LogP) is 2.74. The molecule has 2 fully saturated rings. The van der Waals surface area contributed by atoms with Crippen LogP contribution in [0, 0.1) is 5.41 Å². The van der Waals surface area contributed by atoms with E-state index in [0.717, 1.165) is 31.7 Å². The Kier molecular flexibility index (Phi) is 5.95. The lowest BCUT2D eigenvalue weighted by Crippen LogP contribution is -2.28. The smallest absolute Gasteiger partial charge is 0.161 e. The number of ether oxygens (including phenoxy) is 1. The van der Waals surface area contributed by atoms with Crippen molar-refractivity contribution in [2.24, 2.45) is 5.41 Å². The molecule has 2 heterocycles. The van der Waals surface area contributed by atoms with Crippen LogP contribution in [-0.2, 0) is 13.0 Å². The summed E-state index contributed by atoms with van der Waals surface area (Å²) in [5.41, 5.74) is 2.58. The summed E-state index contributed by atoms with van der Waals surface area (Å²) in [6, 6.07) is 4.04. The van der Waals surface area contributed by atoms with E-state index in [0.29, 0.717) is 17.6 Å². The van der Waals surface area contributed by atoms with Crippen LogP contribution in [0.2, 0.25) is 0 Å². The van der Waals surface area contributed by atoms with Gasteiger partial charge in [-0.2, -0.15) is 0 Å². The van der Waals surface area contributed by atoms with Crippen molar-refractivity contribution in [1.82, 2.24) is 10.2 Å². The molecule has 3 rings (SSSR count). The Morgan fingerprint density at radius 1 is 1.43 bits per heavy atom. The maximum Gasteiger partial charge on any atom is 0.161 e. The van der Waals surface area contributed by atoms with Crippen LogP contribution in [0.4, 0.5) is 0 Å². The van der Waals surface area contributed by atoms with E-state index in [1.54, 1.807) is 7.11 Å². The standard InChI is InChI=1S/C18H26N2O2.ClH/c1-3-4-15-9-14(10-16(22-2)17(15)21)11-20-8-6-18(13-20)5-7-19-12-18;/h3,9-10,19,21H,1,4-8,11-13H2,2H3;1H. The molecule has 2 aliphatic heterocycles. The number of nitrogens with zero attached hydrogens (tertiary/aromatic N) is 1. The lowest BCUT2D eigenvalue weighted by molar-refractivity contribution is 0.268. The van der Waals surface area contributed by atoms with Crippen molar-refractivity contribution in [3.8, 4) is 11.5 Å². The average molecular weight is 339 g/mol. The third-order valence-electron chi connectivity index (χ3n) is 5.05. The van der Waals surface area contributed by atoms with Crippen molar-refractivity contribution in [2.45, 2.75) is 25.8 Å². The van der Waals surface area contributed by atoms with Crippen LogP contribution >= 0.6 is 12.4 Å². The monoisotopic (exact) mass is 338 g/mol. The highest BCUT2D eigenvalue weighted by molar-refractivity contribution is 5.85. The molecule has 1 atom stereocenters. The number of likely N-dealkylation sites (tertiary alicyclic amines) is 1. The Balaban J connectivity index is 0.00000192. The quantitative estimate of drug-likeness (QED) is 0.810. The van der Waals surface area contributed by atoms with E-state index in [1.807, 2.05) is 12.1 Å². The van der Waals surface area contributed by atoms with E-state index in [4.69, 9.17) is 4.74 Å². The van der Waals surface area contributed by atoms with Gasteiger partial charge in [0.2, 0.25) is 0 Å². The van der Waals surface area contributed by atoms with Gasteiger partial charge in [-0.1, -0.05) is 12.1 Å². The third-order valence-corrected chi connectivity index (χ3v) is 5.05. The van der Waals surface area contributed by atoms with Gasteiger partial charge in [0.15, 0.2) is 11.5 Å². The fourth-order valence-corrected chi connectivity index (χ4v) is 3.85. The Morgan fingerprint density at radius 2 is 2.26 bits per heavy atom. The SMILES string of the molecule is C=CCc1cc(CN2CCC3(CCNC3)C2)cc(OC)c1O.Cl. The van der Waals surface area contributed by atoms with E-state index < -0.39 is 0 Å². The van der Waals surface area contributed by atoms with Gasteiger partial charge in [0.1, 0.15) is 0 Å². The number of phenols is 1. The molecule has 2 aliphatic rings. The van der Waals surface area contributed by atoms with Crippen LogP contribution in [0.25, 0.3) is 0 Å². The predicted molar refractivity (Wildman–Crippen MR) is 95.6 cm³/mol. The molecule has 2 N–H and O–H groups in total. The molecule has 0 radical (unpaired) electrons. The zero-order valence-corrected chi connectivity index (χ0v) is 14.6. The second kappa shape index (κ2) is 7.56. The zero-order chi connectivity index (χ0) is 15.6. The van der Waals surface area contributed by atoms with Gasteiger partial charge in [0, 0.05) is 25.2 Å². The lowest BCUT2D eigenvalue weighted by atomic mass is 9.86. The Morgan fingerprint density at radius 3 is 2.91 bits per heavy atom. The molecule has 2 saturated heterocycles. The maximum atomic E-state index is 10.2. The number of rotatable bonds is 5. The van der Waals surface area contributed by atoms with Gasteiger partial charge in [-0.25, -0.2) is 0 Å². The second-order valence-corrected chi connectivity index (χ2v) is 6.69. The van der Waals surface area contributed by atoms with Gasteiger partial charge in [-0.05, 0) is 49.4 Å². The molecule has 0 aromatic heterocycles. The second-order valence-electron chi connectivity index (χ2n) is 6.69. The first-order valence-corrected chi connectivity index (χ1v) is 8.08. The van der Waals surface area contributed by atoms with Gasteiger partial charge >= 0.3 is 0 Å². The molecule has 1 spiro atoms. The van der Waals surface area contributed by atoms with Gasteiger partial charge in [-0.3, -0.25) is 4.90 Å². The number of nitrogens with one attached hydrogen (secondary N) is 1. The molecule has 1 aromatic carbocycles. The van der Waals surface area contributed by atoms with Crippen molar-refractivity contribution in [3.63, 3.8) is 0 Å². The van der Waals surface area contributed by atoms with Crippen LogP contribution in [0.3, 0.4) is 0 Å². The van der Waals surface area contributed by atoms with Gasteiger partial charge in [0.05, 0.1) is 7.11 Å². The highest BCUT2D eigenvalue weighted by atomic mass is 35.5. The summed E-state index contributed by atoms with van der Waals surface area (Å²) in [7, 11) is 1.60. The van der Waals surface area contributed by atoms with Crippen LogP contribution < -0.4 is 10.1 Å². The molecular weight excluding hydrogens is 312 g/mol. The van der Waals surface area contributed by atoms with Crippen molar-refractivity contribution in [2.75, 3.05) is 33.3 Å². The molecule has 23 heavy (non-hydrogen) atoms. The van der Waals surface area contributed by atoms with Crippen LogP contribution in [0.1, 0.15) is 24.0 Å². The minimum atomic E-state index is 0. The number of hydrogen-bond acceptors (Lipinski definition) is 4. The normalized spacial score (nSPS) is 23.9. The molecular formula is C18H27ClN2O2. The van der Waals surface area contributed by atoms with Gasteiger partial charge < -0.3 is 15.2 Å². The minimum absolute atomic E-state index is 0.